The van der Waals surface area contributed by atoms with Gasteiger partial charge < -0.3 is 15.0 Å². The van der Waals surface area contributed by atoms with Crippen LogP contribution in [0.4, 0.5) is 5.69 Å². The first kappa shape index (κ1) is 19.3. The SMILES string of the molecule is Cc1ccc(NC(=O)CN(C)C(=O)COc2ccc(C#N)cc2Cl)cc1. The zero-order chi connectivity index (χ0) is 19.1. The van der Waals surface area contributed by atoms with E-state index in [0.29, 0.717) is 17.0 Å². The molecule has 26 heavy (non-hydrogen) atoms. The van der Waals surface area contributed by atoms with Crippen LogP contribution in [0.25, 0.3) is 0 Å². The topological polar surface area (TPSA) is 82.4 Å². The summed E-state index contributed by atoms with van der Waals surface area (Å²) < 4.78 is 5.37. The number of ether oxygens (including phenoxy) is 1. The number of anilines is 1. The lowest BCUT2D eigenvalue weighted by atomic mass is 10.2. The Hall–Kier alpha value is -3.04. The number of nitriles is 1. The lowest BCUT2D eigenvalue weighted by molar-refractivity contribution is -0.135. The van der Waals surface area contributed by atoms with Gasteiger partial charge in [-0.2, -0.15) is 5.26 Å². The average Bonchev–Trinajstić information content (AvgIpc) is 2.62. The fraction of sp³-hybridized carbons (Fsp3) is 0.211. The Morgan fingerprint density at radius 2 is 1.92 bits per heavy atom. The number of carbonyl (C=O) groups excluding carboxylic acids is 2. The van der Waals surface area contributed by atoms with Crippen LogP contribution in [-0.4, -0.2) is 36.9 Å². The summed E-state index contributed by atoms with van der Waals surface area (Å²) in [6.45, 7) is 1.59. The maximum atomic E-state index is 12.1. The summed E-state index contributed by atoms with van der Waals surface area (Å²) in [6, 6.07) is 13.9. The van der Waals surface area contributed by atoms with E-state index in [-0.39, 0.29) is 30.0 Å². The number of amides is 2. The number of nitrogens with zero attached hydrogens (tertiary/aromatic N) is 2. The van der Waals surface area contributed by atoms with Crippen molar-refractivity contribution < 1.29 is 14.3 Å². The summed E-state index contributed by atoms with van der Waals surface area (Å²) in [7, 11) is 1.51. The van der Waals surface area contributed by atoms with E-state index in [0.717, 1.165) is 5.56 Å². The van der Waals surface area contributed by atoms with Crippen molar-refractivity contribution in [2.24, 2.45) is 0 Å². The zero-order valence-corrected chi connectivity index (χ0v) is 15.2. The number of aryl methyl sites for hydroxylation is 1. The number of halogens is 1. The summed E-state index contributed by atoms with van der Waals surface area (Å²) in [4.78, 5) is 25.4. The van der Waals surface area contributed by atoms with E-state index in [9.17, 15) is 9.59 Å². The highest BCUT2D eigenvalue weighted by molar-refractivity contribution is 6.32. The normalized spacial score (nSPS) is 9.92. The molecule has 0 saturated heterocycles. The Morgan fingerprint density at radius 1 is 1.23 bits per heavy atom. The molecule has 0 saturated carbocycles. The van der Waals surface area contributed by atoms with Crippen LogP contribution in [0.2, 0.25) is 5.02 Å². The fourth-order valence-corrected chi connectivity index (χ4v) is 2.31. The molecule has 0 fully saturated rings. The Kier molecular flexibility index (Phi) is 6.59. The molecule has 0 aliphatic rings. The van der Waals surface area contributed by atoms with Gasteiger partial charge in [-0.05, 0) is 37.3 Å². The highest BCUT2D eigenvalue weighted by Crippen LogP contribution is 2.25. The summed E-state index contributed by atoms with van der Waals surface area (Å²) >= 11 is 5.99. The van der Waals surface area contributed by atoms with E-state index in [1.54, 1.807) is 18.2 Å². The van der Waals surface area contributed by atoms with Crippen molar-refractivity contribution in [1.29, 1.82) is 5.26 Å². The molecule has 0 aliphatic carbocycles. The number of carbonyl (C=O) groups is 2. The summed E-state index contributed by atoms with van der Waals surface area (Å²) in [5.41, 5.74) is 2.16. The smallest absolute Gasteiger partial charge is 0.260 e. The Bertz CT molecular complexity index is 844. The molecule has 134 valence electrons. The predicted octanol–water partition coefficient (Wildman–Crippen LogP) is 3.00. The molecule has 0 aromatic heterocycles. The highest BCUT2D eigenvalue weighted by Gasteiger charge is 2.14. The molecular weight excluding hydrogens is 354 g/mol. The zero-order valence-electron chi connectivity index (χ0n) is 14.5. The van der Waals surface area contributed by atoms with Gasteiger partial charge in [0.15, 0.2) is 6.61 Å². The highest BCUT2D eigenvalue weighted by atomic mass is 35.5. The molecule has 0 aliphatic heterocycles. The monoisotopic (exact) mass is 371 g/mol. The lowest BCUT2D eigenvalue weighted by Crippen LogP contribution is -2.37. The van der Waals surface area contributed by atoms with Crippen molar-refractivity contribution in [3.05, 3.63) is 58.6 Å². The lowest BCUT2D eigenvalue weighted by Gasteiger charge is -2.17. The summed E-state index contributed by atoms with van der Waals surface area (Å²) in [5.74, 6) is -0.373. The molecule has 0 atom stereocenters. The van der Waals surface area contributed by atoms with Gasteiger partial charge in [0.25, 0.3) is 5.91 Å². The van der Waals surface area contributed by atoms with Gasteiger partial charge in [-0.15, -0.1) is 0 Å². The van der Waals surface area contributed by atoms with Gasteiger partial charge >= 0.3 is 0 Å². The van der Waals surface area contributed by atoms with Crippen molar-refractivity contribution >= 4 is 29.1 Å². The van der Waals surface area contributed by atoms with E-state index in [4.69, 9.17) is 21.6 Å². The second kappa shape index (κ2) is 8.88. The van der Waals surface area contributed by atoms with Gasteiger partial charge in [-0.3, -0.25) is 9.59 Å². The predicted molar refractivity (Wildman–Crippen MR) is 99.1 cm³/mol. The number of benzene rings is 2. The maximum absolute atomic E-state index is 12.1. The molecule has 0 spiro atoms. The number of hydrogen-bond acceptors (Lipinski definition) is 4. The second-order valence-corrected chi connectivity index (χ2v) is 6.12. The molecule has 6 nitrogen and oxygen atoms in total. The third kappa shape index (κ3) is 5.50. The Labute approximate surface area is 156 Å². The first-order chi connectivity index (χ1) is 12.4. The third-order valence-electron chi connectivity index (χ3n) is 3.55. The molecule has 0 unspecified atom stereocenters. The van der Waals surface area contributed by atoms with Crippen LogP contribution >= 0.6 is 11.6 Å². The van der Waals surface area contributed by atoms with E-state index < -0.39 is 0 Å². The molecule has 1 N–H and O–H groups in total. The van der Waals surface area contributed by atoms with Crippen molar-refractivity contribution in [2.75, 3.05) is 25.5 Å². The number of nitrogens with one attached hydrogen (secondary N) is 1. The molecule has 7 heteroatoms. The van der Waals surface area contributed by atoms with Gasteiger partial charge in [0.05, 0.1) is 23.2 Å². The van der Waals surface area contributed by atoms with Gasteiger partial charge in [0, 0.05) is 12.7 Å². The first-order valence-corrected chi connectivity index (χ1v) is 8.20. The maximum Gasteiger partial charge on any atom is 0.260 e. The van der Waals surface area contributed by atoms with Crippen LogP contribution in [0.3, 0.4) is 0 Å². The molecule has 2 aromatic rings. The van der Waals surface area contributed by atoms with Crippen molar-refractivity contribution in [1.82, 2.24) is 4.90 Å². The first-order valence-electron chi connectivity index (χ1n) is 7.82. The minimum absolute atomic E-state index is 0.100. The number of likely N-dealkylation sites (N-methyl/N-ethyl adjacent to an activating group) is 1. The van der Waals surface area contributed by atoms with E-state index in [1.807, 2.05) is 25.1 Å². The molecule has 2 aromatic carbocycles. The van der Waals surface area contributed by atoms with Crippen molar-refractivity contribution in [3.63, 3.8) is 0 Å². The quantitative estimate of drug-likeness (QED) is 0.846. The van der Waals surface area contributed by atoms with Crippen LogP contribution in [0.15, 0.2) is 42.5 Å². The molecule has 2 rings (SSSR count). The van der Waals surface area contributed by atoms with Crippen LogP contribution < -0.4 is 10.1 Å². The van der Waals surface area contributed by atoms with Gasteiger partial charge in [0.2, 0.25) is 5.91 Å². The summed E-state index contributed by atoms with van der Waals surface area (Å²) in [5, 5.41) is 11.8. The van der Waals surface area contributed by atoms with Gasteiger partial charge in [-0.1, -0.05) is 29.3 Å². The Morgan fingerprint density at radius 3 is 2.54 bits per heavy atom. The summed E-state index contributed by atoms with van der Waals surface area (Å²) in [6.07, 6.45) is 0. The minimum atomic E-state index is -0.371. The van der Waals surface area contributed by atoms with Crippen LogP contribution in [-0.2, 0) is 9.59 Å². The van der Waals surface area contributed by atoms with Gasteiger partial charge in [0.1, 0.15) is 5.75 Å². The molecular formula is C19H18ClN3O3. The van der Waals surface area contributed by atoms with Crippen LogP contribution in [0.5, 0.6) is 5.75 Å². The Balaban J connectivity index is 1.84. The minimum Gasteiger partial charge on any atom is -0.482 e. The van der Waals surface area contributed by atoms with Crippen molar-refractivity contribution in [3.8, 4) is 11.8 Å². The number of rotatable bonds is 6. The fourth-order valence-electron chi connectivity index (χ4n) is 2.08. The molecule has 0 heterocycles. The van der Waals surface area contributed by atoms with E-state index in [2.05, 4.69) is 5.32 Å². The van der Waals surface area contributed by atoms with Crippen LogP contribution in [0.1, 0.15) is 11.1 Å². The standard InChI is InChI=1S/C19H18ClN3O3/c1-13-3-6-15(7-4-13)22-18(24)11-23(2)19(25)12-26-17-8-5-14(10-21)9-16(17)20/h3-9H,11-12H2,1-2H3,(H,22,24). The van der Waals surface area contributed by atoms with E-state index >= 15 is 0 Å². The van der Waals surface area contributed by atoms with Gasteiger partial charge in [-0.25, -0.2) is 0 Å². The molecule has 2 amide bonds. The second-order valence-electron chi connectivity index (χ2n) is 5.71. The van der Waals surface area contributed by atoms with Crippen molar-refractivity contribution in [2.45, 2.75) is 6.92 Å². The third-order valence-corrected chi connectivity index (χ3v) is 3.85. The molecule has 0 bridgehead atoms. The van der Waals surface area contributed by atoms with E-state index in [1.165, 1.54) is 24.1 Å². The largest absolute Gasteiger partial charge is 0.482 e. The van der Waals surface area contributed by atoms with Crippen LogP contribution in [0, 0.1) is 18.3 Å². The average molecular weight is 372 g/mol. The molecule has 0 radical (unpaired) electrons. The number of hydrogen-bond donors (Lipinski definition) is 1.